The summed E-state index contributed by atoms with van der Waals surface area (Å²) < 4.78 is 5.44. The van der Waals surface area contributed by atoms with Crippen molar-refractivity contribution in [2.24, 2.45) is 5.10 Å². The molecule has 104 valence electrons. The molecule has 2 N–H and O–H groups in total. The molecule has 19 heavy (non-hydrogen) atoms. The zero-order chi connectivity index (χ0) is 14.3. The van der Waals surface area contributed by atoms with E-state index in [0.29, 0.717) is 22.2 Å². The topological polar surface area (TPSA) is 70.9 Å². The standard InChI is InChI=1S/C13H17BrN2O3/c1-3-4-5-11(17)16-15-8-9-6-7-10(19-2)13(18)12(9)14/h6-8,18H,3-5H2,1-2H3,(H,16,17)/b15-8+. The fourth-order valence-corrected chi connectivity index (χ4v) is 1.82. The van der Waals surface area contributed by atoms with Gasteiger partial charge in [0, 0.05) is 12.0 Å². The van der Waals surface area contributed by atoms with Crippen LogP contribution in [0.1, 0.15) is 31.7 Å². The molecule has 0 radical (unpaired) electrons. The van der Waals surface area contributed by atoms with Gasteiger partial charge in [0.15, 0.2) is 11.5 Å². The van der Waals surface area contributed by atoms with Crippen molar-refractivity contribution in [3.05, 3.63) is 22.2 Å². The van der Waals surface area contributed by atoms with Crippen molar-refractivity contribution < 1.29 is 14.6 Å². The summed E-state index contributed by atoms with van der Waals surface area (Å²) >= 11 is 3.25. The maximum absolute atomic E-state index is 11.3. The predicted molar refractivity (Wildman–Crippen MR) is 77.6 cm³/mol. The van der Waals surface area contributed by atoms with Gasteiger partial charge in [-0.25, -0.2) is 5.43 Å². The minimum atomic E-state index is -0.119. The van der Waals surface area contributed by atoms with Crippen molar-refractivity contribution >= 4 is 28.1 Å². The Hall–Kier alpha value is -1.56. The number of rotatable bonds is 6. The number of halogens is 1. The summed E-state index contributed by atoms with van der Waals surface area (Å²) in [6, 6.07) is 3.35. The van der Waals surface area contributed by atoms with Gasteiger partial charge in [-0.3, -0.25) is 4.79 Å². The van der Waals surface area contributed by atoms with E-state index in [1.807, 2.05) is 6.92 Å². The van der Waals surface area contributed by atoms with Gasteiger partial charge in [0.2, 0.25) is 5.91 Å². The van der Waals surface area contributed by atoms with Crippen LogP contribution in [0.4, 0.5) is 0 Å². The number of nitrogens with one attached hydrogen (secondary N) is 1. The second-order valence-corrected chi connectivity index (χ2v) is 4.71. The zero-order valence-electron chi connectivity index (χ0n) is 10.9. The lowest BCUT2D eigenvalue weighted by Gasteiger charge is -2.06. The molecule has 1 rings (SSSR count). The molecule has 0 aliphatic carbocycles. The van der Waals surface area contributed by atoms with Crippen molar-refractivity contribution in [1.82, 2.24) is 5.43 Å². The summed E-state index contributed by atoms with van der Waals surface area (Å²) in [5.74, 6) is 0.256. The normalized spacial score (nSPS) is 10.7. The molecule has 0 atom stereocenters. The number of unbranched alkanes of at least 4 members (excludes halogenated alkanes) is 1. The van der Waals surface area contributed by atoms with E-state index >= 15 is 0 Å². The van der Waals surface area contributed by atoms with Gasteiger partial charge in [-0.2, -0.15) is 5.10 Å². The number of phenolic OH excluding ortho intramolecular Hbond substituents is 1. The van der Waals surface area contributed by atoms with Crippen molar-refractivity contribution in [2.75, 3.05) is 7.11 Å². The van der Waals surface area contributed by atoms with Crippen LogP contribution >= 0.6 is 15.9 Å². The number of nitrogens with zero attached hydrogens (tertiary/aromatic N) is 1. The molecule has 0 unspecified atom stereocenters. The number of ether oxygens (including phenoxy) is 1. The maximum Gasteiger partial charge on any atom is 0.240 e. The van der Waals surface area contributed by atoms with Gasteiger partial charge in [-0.1, -0.05) is 13.3 Å². The number of hydrazone groups is 1. The van der Waals surface area contributed by atoms with Crippen molar-refractivity contribution in [3.63, 3.8) is 0 Å². The molecule has 0 aliphatic heterocycles. The van der Waals surface area contributed by atoms with Crippen LogP contribution in [0.5, 0.6) is 11.5 Å². The summed E-state index contributed by atoms with van der Waals surface area (Å²) in [5, 5.41) is 13.6. The smallest absolute Gasteiger partial charge is 0.240 e. The molecular formula is C13H17BrN2O3. The summed E-state index contributed by atoms with van der Waals surface area (Å²) in [4.78, 5) is 11.3. The highest BCUT2D eigenvalue weighted by molar-refractivity contribution is 9.10. The Morgan fingerprint density at radius 2 is 2.32 bits per heavy atom. The van der Waals surface area contributed by atoms with Gasteiger partial charge in [0.1, 0.15) is 0 Å². The van der Waals surface area contributed by atoms with Crippen molar-refractivity contribution in [1.29, 1.82) is 0 Å². The second-order valence-electron chi connectivity index (χ2n) is 3.92. The molecule has 0 fully saturated rings. The molecule has 0 heterocycles. The summed E-state index contributed by atoms with van der Waals surface area (Å²) in [7, 11) is 1.48. The van der Waals surface area contributed by atoms with E-state index in [9.17, 15) is 9.90 Å². The minimum absolute atomic E-state index is 0.00348. The first kappa shape index (κ1) is 15.5. The highest BCUT2D eigenvalue weighted by Gasteiger charge is 2.09. The van der Waals surface area contributed by atoms with Crippen LogP contribution in [0.25, 0.3) is 0 Å². The van der Waals surface area contributed by atoms with E-state index in [0.717, 1.165) is 12.8 Å². The number of aromatic hydroxyl groups is 1. The Kier molecular flexibility index (Phi) is 6.35. The number of carbonyl (C=O) groups is 1. The molecule has 1 aromatic carbocycles. The van der Waals surface area contributed by atoms with Crippen molar-refractivity contribution in [3.8, 4) is 11.5 Å². The first-order valence-electron chi connectivity index (χ1n) is 5.97. The first-order valence-corrected chi connectivity index (χ1v) is 6.76. The lowest BCUT2D eigenvalue weighted by Crippen LogP contribution is -2.16. The van der Waals surface area contributed by atoms with Crippen LogP contribution in [-0.2, 0) is 4.79 Å². The maximum atomic E-state index is 11.3. The molecule has 0 spiro atoms. The first-order chi connectivity index (χ1) is 9.10. The molecular weight excluding hydrogens is 312 g/mol. The average Bonchev–Trinajstić information content (AvgIpc) is 2.41. The third-order valence-corrected chi connectivity index (χ3v) is 3.31. The number of hydrogen-bond donors (Lipinski definition) is 2. The van der Waals surface area contributed by atoms with Crippen LogP contribution in [-0.4, -0.2) is 24.3 Å². The third kappa shape index (κ3) is 4.55. The number of hydrogen-bond acceptors (Lipinski definition) is 4. The van der Waals surface area contributed by atoms with Gasteiger partial charge >= 0.3 is 0 Å². The second kappa shape index (κ2) is 7.78. The van der Waals surface area contributed by atoms with Crippen LogP contribution < -0.4 is 10.2 Å². The number of methoxy groups -OCH3 is 1. The molecule has 1 amide bonds. The summed E-state index contributed by atoms with van der Waals surface area (Å²) in [6.07, 6.45) is 3.74. The lowest BCUT2D eigenvalue weighted by atomic mass is 10.2. The van der Waals surface area contributed by atoms with Gasteiger partial charge < -0.3 is 9.84 Å². The van der Waals surface area contributed by atoms with E-state index in [-0.39, 0.29) is 11.7 Å². The molecule has 0 aliphatic rings. The monoisotopic (exact) mass is 328 g/mol. The summed E-state index contributed by atoms with van der Waals surface area (Å²) in [6.45, 7) is 2.02. The molecule has 0 saturated heterocycles. The zero-order valence-corrected chi connectivity index (χ0v) is 12.5. The Morgan fingerprint density at radius 3 is 2.95 bits per heavy atom. The minimum Gasteiger partial charge on any atom is -0.503 e. The van der Waals surface area contributed by atoms with E-state index in [1.54, 1.807) is 12.1 Å². The molecule has 6 heteroatoms. The number of carbonyl (C=O) groups excluding carboxylic acids is 1. The van der Waals surface area contributed by atoms with E-state index in [2.05, 4.69) is 26.5 Å². The van der Waals surface area contributed by atoms with Gasteiger partial charge in [0.25, 0.3) is 0 Å². The Bertz CT molecular complexity index is 475. The molecule has 0 aromatic heterocycles. The number of benzene rings is 1. The van der Waals surface area contributed by atoms with Gasteiger partial charge in [-0.05, 0) is 34.5 Å². The Labute approximate surface area is 120 Å². The largest absolute Gasteiger partial charge is 0.503 e. The van der Waals surface area contributed by atoms with E-state index in [4.69, 9.17) is 4.74 Å². The van der Waals surface area contributed by atoms with Crippen LogP contribution in [0.3, 0.4) is 0 Å². The molecule has 0 bridgehead atoms. The Morgan fingerprint density at radius 1 is 1.58 bits per heavy atom. The average molecular weight is 329 g/mol. The van der Waals surface area contributed by atoms with Crippen LogP contribution in [0.15, 0.2) is 21.7 Å². The molecule has 1 aromatic rings. The number of amides is 1. The Balaban J connectivity index is 2.67. The fourth-order valence-electron chi connectivity index (χ4n) is 1.39. The van der Waals surface area contributed by atoms with E-state index in [1.165, 1.54) is 13.3 Å². The molecule has 0 saturated carbocycles. The van der Waals surface area contributed by atoms with Crippen LogP contribution in [0.2, 0.25) is 0 Å². The van der Waals surface area contributed by atoms with Crippen LogP contribution in [0, 0.1) is 0 Å². The quantitative estimate of drug-likeness (QED) is 0.623. The highest BCUT2D eigenvalue weighted by atomic mass is 79.9. The SMILES string of the molecule is CCCCC(=O)N/N=C/c1ccc(OC)c(O)c1Br. The molecule has 5 nitrogen and oxygen atoms in total. The predicted octanol–water partition coefficient (Wildman–Crippen LogP) is 2.80. The lowest BCUT2D eigenvalue weighted by molar-refractivity contribution is -0.121. The summed E-state index contributed by atoms with van der Waals surface area (Å²) in [5.41, 5.74) is 3.09. The highest BCUT2D eigenvalue weighted by Crippen LogP contribution is 2.35. The number of phenols is 1. The van der Waals surface area contributed by atoms with Gasteiger partial charge in [-0.15, -0.1) is 0 Å². The van der Waals surface area contributed by atoms with Gasteiger partial charge in [0.05, 0.1) is 17.8 Å². The third-order valence-electron chi connectivity index (χ3n) is 2.48. The van der Waals surface area contributed by atoms with Crippen molar-refractivity contribution in [2.45, 2.75) is 26.2 Å². The van der Waals surface area contributed by atoms with E-state index < -0.39 is 0 Å². The fraction of sp³-hybridized carbons (Fsp3) is 0.385.